The van der Waals surface area contributed by atoms with Gasteiger partial charge in [-0.3, -0.25) is 10.1 Å². The maximum Gasteiger partial charge on any atom is 0.311 e. The molecule has 0 bridgehead atoms. The highest BCUT2D eigenvalue weighted by atomic mass is 32.2. The van der Waals surface area contributed by atoms with E-state index >= 15 is 0 Å². The van der Waals surface area contributed by atoms with Gasteiger partial charge < -0.3 is 9.84 Å². The number of phenols is 1. The van der Waals surface area contributed by atoms with Gasteiger partial charge in [-0.1, -0.05) is 6.07 Å². The van der Waals surface area contributed by atoms with E-state index in [0.717, 1.165) is 23.9 Å². The number of sulfonamides is 1. The first-order valence-electron chi connectivity index (χ1n) is 6.91. The number of nitrogens with zero attached hydrogens (tertiary/aromatic N) is 2. The van der Waals surface area contributed by atoms with Gasteiger partial charge in [0, 0.05) is 11.6 Å². The number of rotatable bonds is 6. The van der Waals surface area contributed by atoms with Gasteiger partial charge in [-0.2, -0.15) is 18.4 Å². The van der Waals surface area contributed by atoms with Crippen LogP contribution in [0.3, 0.4) is 0 Å². The minimum absolute atomic E-state index is 0.0798. The molecule has 10 heteroatoms. The number of ether oxygens (including phenoxy) is 1. The van der Waals surface area contributed by atoms with E-state index < -0.39 is 26.4 Å². The fraction of sp³-hybridized carbons (Fsp3) is 0.133. The van der Waals surface area contributed by atoms with E-state index in [1.165, 1.54) is 25.3 Å². The molecule has 2 aromatic carbocycles. The lowest BCUT2D eigenvalue weighted by molar-refractivity contribution is -0.385. The molecule has 0 unspecified atom stereocenters. The maximum atomic E-state index is 12.3. The van der Waals surface area contributed by atoms with Gasteiger partial charge in [0.05, 0.1) is 18.2 Å². The predicted octanol–water partition coefficient (Wildman–Crippen LogP) is 1.93. The first kappa shape index (κ1) is 18.2. The van der Waals surface area contributed by atoms with Crippen LogP contribution in [0.4, 0.5) is 5.69 Å². The monoisotopic (exact) mass is 365 g/mol. The number of aromatic hydroxyl groups is 1. The van der Waals surface area contributed by atoms with Crippen molar-refractivity contribution < 1.29 is 23.2 Å². The molecule has 0 aliphatic heterocycles. The van der Waals surface area contributed by atoms with Gasteiger partial charge >= 0.3 is 5.69 Å². The summed E-state index contributed by atoms with van der Waals surface area (Å²) in [5.74, 6) is -0.333. The zero-order chi connectivity index (χ0) is 18.6. The highest BCUT2D eigenvalue weighted by Gasteiger charge is 2.19. The Kier molecular flexibility index (Phi) is 5.22. The van der Waals surface area contributed by atoms with Crippen LogP contribution >= 0.6 is 0 Å². The first-order valence-corrected chi connectivity index (χ1v) is 8.40. The number of nitro groups is 1. The maximum absolute atomic E-state index is 12.3. The Bertz CT molecular complexity index is 940. The molecule has 2 aromatic rings. The van der Waals surface area contributed by atoms with Crippen molar-refractivity contribution in [2.75, 3.05) is 7.11 Å². The number of hydrogen-bond acceptors (Lipinski definition) is 7. The predicted molar refractivity (Wildman–Crippen MR) is 90.4 cm³/mol. The number of phenolic OH excluding ortho intramolecular Hbond substituents is 1. The fourth-order valence-electron chi connectivity index (χ4n) is 1.98. The van der Waals surface area contributed by atoms with Crippen molar-refractivity contribution in [3.05, 3.63) is 57.6 Å². The van der Waals surface area contributed by atoms with Crippen molar-refractivity contribution in [3.63, 3.8) is 0 Å². The van der Waals surface area contributed by atoms with Gasteiger partial charge in [0.2, 0.25) is 0 Å². The van der Waals surface area contributed by atoms with Crippen molar-refractivity contribution in [2.24, 2.45) is 5.10 Å². The van der Waals surface area contributed by atoms with Gasteiger partial charge in [-0.15, -0.1) is 0 Å². The van der Waals surface area contributed by atoms with Crippen LogP contribution in [0.5, 0.6) is 11.5 Å². The summed E-state index contributed by atoms with van der Waals surface area (Å²) >= 11 is 0. The molecule has 0 atom stereocenters. The zero-order valence-electron chi connectivity index (χ0n) is 13.3. The summed E-state index contributed by atoms with van der Waals surface area (Å²) in [6.07, 6.45) is 1.09. The molecule has 0 saturated heterocycles. The van der Waals surface area contributed by atoms with E-state index in [0.29, 0.717) is 0 Å². The third kappa shape index (κ3) is 4.23. The number of aryl methyl sites for hydroxylation is 1. The van der Waals surface area contributed by atoms with E-state index in [-0.39, 0.29) is 16.2 Å². The average molecular weight is 365 g/mol. The SMILES string of the molecule is COc1ccc(C)cc1S(=O)(=O)N/N=C/c1ccc(O)c([N+](=O)[O-])c1. The van der Waals surface area contributed by atoms with Gasteiger partial charge in [-0.25, -0.2) is 0 Å². The molecule has 9 nitrogen and oxygen atoms in total. The number of benzene rings is 2. The van der Waals surface area contributed by atoms with Gasteiger partial charge in [0.1, 0.15) is 10.6 Å². The molecule has 0 saturated carbocycles. The van der Waals surface area contributed by atoms with Crippen LogP contribution in [0, 0.1) is 17.0 Å². The van der Waals surface area contributed by atoms with Crippen molar-refractivity contribution >= 4 is 21.9 Å². The van der Waals surface area contributed by atoms with Crippen LogP contribution < -0.4 is 9.57 Å². The van der Waals surface area contributed by atoms with Crippen LogP contribution in [-0.4, -0.2) is 31.8 Å². The Labute approximate surface area is 143 Å². The largest absolute Gasteiger partial charge is 0.502 e. The highest BCUT2D eigenvalue weighted by Crippen LogP contribution is 2.26. The molecule has 0 aliphatic rings. The van der Waals surface area contributed by atoms with E-state index in [9.17, 15) is 23.6 Å². The van der Waals surface area contributed by atoms with Crippen LogP contribution in [0.25, 0.3) is 0 Å². The number of methoxy groups -OCH3 is 1. The molecule has 0 radical (unpaired) electrons. The topological polar surface area (TPSA) is 131 Å². The molecule has 0 aromatic heterocycles. The molecule has 2 N–H and O–H groups in total. The Hall–Kier alpha value is -3.14. The van der Waals surface area contributed by atoms with Gasteiger partial charge in [-0.05, 0) is 36.8 Å². The summed E-state index contributed by atoms with van der Waals surface area (Å²) in [5, 5.41) is 23.8. The van der Waals surface area contributed by atoms with Gasteiger partial charge in [0.25, 0.3) is 10.0 Å². The number of hydrazone groups is 1. The quantitative estimate of drug-likeness (QED) is 0.457. The average Bonchev–Trinajstić information content (AvgIpc) is 2.56. The van der Waals surface area contributed by atoms with Crippen molar-refractivity contribution in [3.8, 4) is 11.5 Å². The standard InChI is InChI=1S/C15H15N3O6S/c1-10-3-6-14(24-2)15(7-10)25(22,23)17-16-9-11-4-5-13(19)12(8-11)18(20)21/h3-9,17,19H,1-2H3/b16-9+. The van der Waals surface area contributed by atoms with E-state index in [1.54, 1.807) is 13.0 Å². The summed E-state index contributed by atoms with van der Waals surface area (Å²) in [6, 6.07) is 8.21. The van der Waals surface area contributed by atoms with E-state index in [1.807, 2.05) is 4.83 Å². The first-order chi connectivity index (χ1) is 11.7. The molecule has 0 heterocycles. The molecule has 25 heavy (non-hydrogen) atoms. The van der Waals surface area contributed by atoms with Crippen LogP contribution in [0.15, 0.2) is 46.4 Å². The molecule has 0 fully saturated rings. The molecule has 132 valence electrons. The highest BCUT2D eigenvalue weighted by molar-refractivity contribution is 7.89. The minimum Gasteiger partial charge on any atom is -0.502 e. The smallest absolute Gasteiger partial charge is 0.311 e. The Morgan fingerprint density at radius 2 is 2.00 bits per heavy atom. The fourth-order valence-corrected chi connectivity index (χ4v) is 3.03. The van der Waals surface area contributed by atoms with Crippen LogP contribution in [0.1, 0.15) is 11.1 Å². The van der Waals surface area contributed by atoms with E-state index in [4.69, 9.17) is 4.74 Å². The lowest BCUT2D eigenvalue weighted by atomic mass is 10.2. The summed E-state index contributed by atoms with van der Waals surface area (Å²) in [4.78, 5) is 12.0. The third-order valence-electron chi connectivity index (χ3n) is 3.19. The molecular formula is C15H15N3O6S. The molecule has 0 amide bonds. The number of nitro benzene ring substituents is 1. The summed E-state index contributed by atoms with van der Waals surface area (Å²) in [5.41, 5.74) is 0.454. The minimum atomic E-state index is -3.99. The second-order valence-corrected chi connectivity index (χ2v) is 6.64. The Morgan fingerprint density at radius 1 is 1.28 bits per heavy atom. The normalized spacial score (nSPS) is 11.4. The third-order valence-corrected chi connectivity index (χ3v) is 4.44. The van der Waals surface area contributed by atoms with E-state index in [2.05, 4.69) is 5.10 Å². The lowest BCUT2D eigenvalue weighted by Crippen LogP contribution is -2.19. The number of nitrogens with one attached hydrogen (secondary N) is 1. The summed E-state index contributed by atoms with van der Waals surface area (Å²) < 4.78 is 29.7. The number of hydrogen-bond donors (Lipinski definition) is 2. The zero-order valence-corrected chi connectivity index (χ0v) is 14.1. The van der Waals surface area contributed by atoms with Crippen molar-refractivity contribution in [1.29, 1.82) is 0 Å². The van der Waals surface area contributed by atoms with Crippen molar-refractivity contribution in [2.45, 2.75) is 11.8 Å². The molecule has 0 spiro atoms. The van der Waals surface area contributed by atoms with Crippen LogP contribution in [0.2, 0.25) is 0 Å². The second-order valence-electron chi connectivity index (χ2n) is 5.01. The Morgan fingerprint density at radius 3 is 2.64 bits per heavy atom. The molecule has 0 aliphatic carbocycles. The van der Waals surface area contributed by atoms with Crippen molar-refractivity contribution in [1.82, 2.24) is 4.83 Å². The molecule has 2 rings (SSSR count). The molecular weight excluding hydrogens is 350 g/mol. The lowest BCUT2D eigenvalue weighted by Gasteiger charge is -2.09. The summed E-state index contributed by atoms with van der Waals surface area (Å²) in [6.45, 7) is 1.73. The second kappa shape index (κ2) is 7.18. The van der Waals surface area contributed by atoms with Gasteiger partial charge in [0.15, 0.2) is 5.75 Å². The van der Waals surface area contributed by atoms with Crippen LogP contribution in [-0.2, 0) is 10.0 Å². The Balaban J connectivity index is 2.26. The summed E-state index contributed by atoms with van der Waals surface area (Å²) in [7, 11) is -2.64.